The summed E-state index contributed by atoms with van der Waals surface area (Å²) in [6.07, 6.45) is 1.32. The van der Waals surface area contributed by atoms with Gasteiger partial charge in [-0.15, -0.1) is 12.4 Å². The van der Waals surface area contributed by atoms with Gasteiger partial charge in [0.1, 0.15) is 0 Å². The van der Waals surface area contributed by atoms with Crippen LogP contribution in [0, 0.1) is 6.92 Å². The fourth-order valence-electron chi connectivity index (χ4n) is 1.77. The number of rotatable bonds is 4. The van der Waals surface area contributed by atoms with Crippen LogP contribution in [0.5, 0.6) is 0 Å². The maximum absolute atomic E-state index is 12.2. The standard InChI is InChI=1S/C13H19N3O3S.ClH/c1-9-4-5-10(15-12(17)13(14)6-7-13)8-11(9)20(18,19)16(2)3;/h4-5,8H,6-7,14H2,1-3H3,(H,15,17);1H. The number of amides is 1. The lowest BCUT2D eigenvalue weighted by atomic mass is 10.2. The molecule has 118 valence electrons. The zero-order valence-electron chi connectivity index (χ0n) is 12.2. The maximum Gasteiger partial charge on any atom is 0.244 e. The normalized spacial score (nSPS) is 16.2. The highest BCUT2D eigenvalue weighted by Crippen LogP contribution is 2.33. The van der Waals surface area contributed by atoms with E-state index >= 15 is 0 Å². The second-order valence-corrected chi connectivity index (χ2v) is 7.50. The summed E-state index contributed by atoms with van der Waals surface area (Å²) in [5.41, 5.74) is 6.09. The predicted octanol–water partition coefficient (Wildman–Crippen LogP) is 1.10. The van der Waals surface area contributed by atoms with Crippen molar-refractivity contribution in [3.05, 3.63) is 23.8 Å². The molecule has 6 nitrogen and oxygen atoms in total. The number of nitrogens with zero attached hydrogens (tertiary/aromatic N) is 1. The third kappa shape index (κ3) is 3.55. The number of hydrogen-bond donors (Lipinski definition) is 2. The maximum atomic E-state index is 12.2. The summed E-state index contributed by atoms with van der Waals surface area (Å²) >= 11 is 0. The molecule has 0 spiro atoms. The number of nitrogens with two attached hydrogens (primary N) is 1. The predicted molar refractivity (Wildman–Crippen MR) is 84.1 cm³/mol. The molecule has 1 saturated carbocycles. The summed E-state index contributed by atoms with van der Waals surface area (Å²) in [5, 5.41) is 2.68. The molecule has 0 aromatic heterocycles. The molecule has 2 rings (SSSR count). The summed E-state index contributed by atoms with van der Waals surface area (Å²) in [7, 11) is -0.592. The minimum atomic E-state index is -3.53. The Labute approximate surface area is 131 Å². The van der Waals surface area contributed by atoms with Crippen LogP contribution in [0.2, 0.25) is 0 Å². The van der Waals surface area contributed by atoms with Gasteiger partial charge in [-0.3, -0.25) is 4.79 Å². The van der Waals surface area contributed by atoms with Crippen LogP contribution < -0.4 is 11.1 Å². The topological polar surface area (TPSA) is 92.5 Å². The molecule has 21 heavy (non-hydrogen) atoms. The van der Waals surface area contributed by atoms with Crippen molar-refractivity contribution in [2.45, 2.75) is 30.2 Å². The first-order valence-electron chi connectivity index (χ1n) is 6.30. The minimum Gasteiger partial charge on any atom is -0.324 e. The van der Waals surface area contributed by atoms with Crippen LogP contribution in [-0.4, -0.2) is 38.3 Å². The van der Waals surface area contributed by atoms with E-state index in [1.165, 1.54) is 20.2 Å². The van der Waals surface area contributed by atoms with Gasteiger partial charge in [-0.2, -0.15) is 0 Å². The molecule has 3 N–H and O–H groups in total. The number of aryl methyl sites for hydroxylation is 1. The first-order valence-corrected chi connectivity index (χ1v) is 7.74. The lowest BCUT2D eigenvalue weighted by Gasteiger charge is -2.16. The van der Waals surface area contributed by atoms with Crippen molar-refractivity contribution in [2.75, 3.05) is 19.4 Å². The van der Waals surface area contributed by atoms with Gasteiger partial charge in [-0.05, 0) is 37.5 Å². The van der Waals surface area contributed by atoms with E-state index < -0.39 is 15.6 Å². The Kier molecular flexibility index (Phi) is 5.05. The highest BCUT2D eigenvalue weighted by atomic mass is 35.5. The molecule has 1 amide bonds. The van der Waals surface area contributed by atoms with Crippen molar-refractivity contribution < 1.29 is 13.2 Å². The van der Waals surface area contributed by atoms with Gasteiger partial charge in [0.2, 0.25) is 15.9 Å². The van der Waals surface area contributed by atoms with Crippen LogP contribution in [0.1, 0.15) is 18.4 Å². The van der Waals surface area contributed by atoms with Crippen molar-refractivity contribution in [1.29, 1.82) is 0 Å². The molecule has 0 bridgehead atoms. The highest BCUT2D eigenvalue weighted by Gasteiger charge is 2.46. The van der Waals surface area contributed by atoms with Gasteiger partial charge >= 0.3 is 0 Å². The molecular formula is C13H20ClN3O3S. The highest BCUT2D eigenvalue weighted by molar-refractivity contribution is 7.89. The van der Waals surface area contributed by atoms with E-state index in [0.29, 0.717) is 24.1 Å². The SMILES string of the molecule is Cc1ccc(NC(=O)C2(N)CC2)cc1S(=O)(=O)N(C)C.Cl. The molecule has 0 heterocycles. The van der Waals surface area contributed by atoms with Crippen LogP contribution in [0.3, 0.4) is 0 Å². The van der Waals surface area contributed by atoms with Gasteiger partial charge < -0.3 is 11.1 Å². The molecule has 0 atom stereocenters. The van der Waals surface area contributed by atoms with E-state index in [4.69, 9.17) is 5.73 Å². The minimum absolute atomic E-state index is 0. The molecule has 0 radical (unpaired) electrons. The van der Waals surface area contributed by atoms with Crippen LogP contribution in [-0.2, 0) is 14.8 Å². The Morgan fingerprint density at radius 3 is 2.38 bits per heavy atom. The van der Waals surface area contributed by atoms with Gasteiger partial charge in [0.25, 0.3) is 0 Å². The summed E-state index contributed by atoms with van der Waals surface area (Å²) in [4.78, 5) is 12.1. The lowest BCUT2D eigenvalue weighted by molar-refractivity contribution is -0.118. The molecule has 1 aromatic carbocycles. The molecule has 8 heteroatoms. The molecule has 0 saturated heterocycles. The molecule has 0 aliphatic heterocycles. The Hall–Kier alpha value is -1.15. The number of carbonyl (C=O) groups is 1. The zero-order chi connectivity index (χ0) is 15.1. The largest absolute Gasteiger partial charge is 0.324 e. The summed E-state index contributed by atoms with van der Waals surface area (Å²) < 4.78 is 25.5. The first kappa shape index (κ1) is 17.9. The number of hydrogen-bond acceptors (Lipinski definition) is 4. The zero-order valence-corrected chi connectivity index (χ0v) is 13.8. The van der Waals surface area contributed by atoms with E-state index in [0.717, 1.165) is 4.31 Å². The number of benzene rings is 1. The van der Waals surface area contributed by atoms with E-state index in [2.05, 4.69) is 5.32 Å². The number of nitrogens with one attached hydrogen (secondary N) is 1. The van der Waals surface area contributed by atoms with E-state index in [1.807, 2.05) is 0 Å². The molecule has 0 unspecified atom stereocenters. The number of carbonyl (C=O) groups excluding carboxylic acids is 1. The average Bonchev–Trinajstić information content (AvgIpc) is 3.10. The second kappa shape index (κ2) is 5.92. The third-order valence-corrected chi connectivity index (χ3v) is 5.40. The quantitative estimate of drug-likeness (QED) is 0.862. The summed E-state index contributed by atoms with van der Waals surface area (Å²) in [6.45, 7) is 1.72. The van der Waals surface area contributed by atoms with Gasteiger partial charge in [0.05, 0.1) is 10.4 Å². The van der Waals surface area contributed by atoms with Gasteiger partial charge in [0.15, 0.2) is 0 Å². The molecule has 1 aromatic rings. The Morgan fingerprint density at radius 1 is 1.33 bits per heavy atom. The van der Waals surface area contributed by atoms with Crippen molar-refractivity contribution in [2.24, 2.45) is 5.73 Å². The first-order chi connectivity index (χ1) is 9.17. The molecular weight excluding hydrogens is 314 g/mol. The van der Waals surface area contributed by atoms with Gasteiger partial charge in [0, 0.05) is 19.8 Å². The Morgan fingerprint density at radius 2 is 1.90 bits per heavy atom. The van der Waals surface area contributed by atoms with Crippen LogP contribution in [0.25, 0.3) is 0 Å². The fraction of sp³-hybridized carbons (Fsp3) is 0.462. The van der Waals surface area contributed by atoms with Crippen molar-refractivity contribution in [3.8, 4) is 0 Å². The Balaban J connectivity index is 0.00000220. The molecule has 1 aliphatic rings. The fourth-order valence-corrected chi connectivity index (χ4v) is 2.91. The van der Waals surface area contributed by atoms with Crippen LogP contribution >= 0.6 is 12.4 Å². The number of halogens is 1. The third-order valence-electron chi connectivity index (χ3n) is 3.45. The van der Waals surface area contributed by atoms with Gasteiger partial charge in [-0.1, -0.05) is 6.07 Å². The summed E-state index contributed by atoms with van der Waals surface area (Å²) in [5.74, 6) is -0.269. The monoisotopic (exact) mass is 333 g/mol. The van der Waals surface area contributed by atoms with Crippen molar-refractivity contribution >= 4 is 34.0 Å². The second-order valence-electron chi connectivity index (χ2n) is 5.38. The summed E-state index contributed by atoms with van der Waals surface area (Å²) in [6, 6.07) is 4.81. The van der Waals surface area contributed by atoms with E-state index in [9.17, 15) is 13.2 Å². The van der Waals surface area contributed by atoms with Crippen LogP contribution in [0.4, 0.5) is 5.69 Å². The smallest absolute Gasteiger partial charge is 0.244 e. The molecule has 1 fully saturated rings. The van der Waals surface area contributed by atoms with Crippen molar-refractivity contribution in [1.82, 2.24) is 4.31 Å². The van der Waals surface area contributed by atoms with Crippen molar-refractivity contribution in [3.63, 3.8) is 0 Å². The van der Waals surface area contributed by atoms with Crippen LogP contribution in [0.15, 0.2) is 23.1 Å². The molecule has 1 aliphatic carbocycles. The van der Waals surface area contributed by atoms with E-state index in [-0.39, 0.29) is 23.2 Å². The van der Waals surface area contributed by atoms with E-state index in [1.54, 1.807) is 19.1 Å². The number of sulfonamides is 1. The lowest BCUT2D eigenvalue weighted by Crippen LogP contribution is -2.37. The van der Waals surface area contributed by atoms with Gasteiger partial charge in [-0.25, -0.2) is 12.7 Å². The average molecular weight is 334 g/mol. The Bertz CT molecular complexity index is 655. The number of anilines is 1.